The molecule has 0 aromatic carbocycles. The van der Waals surface area contributed by atoms with Gasteiger partial charge in [0.1, 0.15) is 0 Å². The highest BCUT2D eigenvalue weighted by Crippen LogP contribution is 2.32. The number of halogens is 3. The predicted molar refractivity (Wildman–Crippen MR) is 57.2 cm³/mol. The normalized spacial score (nSPS) is 10.3. The smallest absolute Gasteiger partial charge is 0.0843 e. The van der Waals surface area contributed by atoms with Crippen LogP contribution in [-0.4, -0.2) is 5.33 Å². The number of hydrogen-bond acceptors (Lipinski definition) is 1. The zero-order valence-corrected chi connectivity index (χ0v) is 10.6. The second-order valence-electron chi connectivity index (χ2n) is 1.77. The zero-order chi connectivity index (χ0) is 7.56. The van der Waals surface area contributed by atoms with Crippen LogP contribution in [0.3, 0.4) is 0 Å². The van der Waals surface area contributed by atoms with Gasteiger partial charge in [-0.2, -0.15) is 0 Å². The first-order valence-corrected chi connectivity index (χ1v) is 6.26. The predicted octanol–water partition coefficient (Wildman–Crippen LogP) is 4.21. The van der Waals surface area contributed by atoms with Crippen molar-refractivity contribution in [2.24, 2.45) is 0 Å². The molecule has 10 heavy (non-hydrogen) atoms. The van der Waals surface area contributed by atoms with Gasteiger partial charge in [-0.05, 0) is 44.3 Å². The summed E-state index contributed by atoms with van der Waals surface area (Å²) in [4.78, 5) is 1.40. The molecular formula is C6H5Br3S. The van der Waals surface area contributed by atoms with E-state index in [2.05, 4.69) is 53.9 Å². The molecule has 0 saturated heterocycles. The van der Waals surface area contributed by atoms with Crippen molar-refractivity contribution < 1.29 is 0 Å². The summed E-state index contributed by atoms with van der Waals surface area (Å²) in [7, 11) is 0. The molecule has 56 valence electrons. The van der Waals surface area contributed by atoms with Gasteiger partial charge in [0.05, 0.1) is 3.79 Å². The topological polar surface area (TPSA) is 0 Å². The lowest BCUT2D eigenvalue weighted by Gasteiger charge is -1.85. The SMILES string of the molecule is BrCCc1cc(Br)c(Br)s1. The van der Waals surface area contributed by atoms with Crippen LogP contribution in [-0.2, 0) is 6.42 Å². The van der Waals surface area contributed by atoms with Gasteiger partial charge in [0.15, 0.2) is 0 Å². The highest BCUT2D eigenvalue weighted by atomic mass is 79.9. The molecule has 1 rings (SSSR count). The second kappa shape index (κ2) is 4.24. The molecule has 0 bridgehead atoms. The molecule has 0 N–H and O–H groups in total. The first-order valence-electron chi connectivity index (χ1n) is 2.73. The van der Waals surface area contributed by atoms with Crippen LogP contribution in [0.15, 0.2) is 14.3 Å². The molecule has 4 heteroatoms. The van der Waals surface area contributed by atoms with Crippen molar-refractivity contribution in [1.29, 1.82) is 0 Å². The fourth-order valence-electron chi connectivity index (χ4n) is 0.608. The minimum atomic E-state index is 1.03. The van der Waals surface area contributed by atoms with Crippen LogP contribution in [0.4, 0.5) is 0 Å². The van der Waals surface area contributed by atoms with E-state index in [1.807, 2.05) is 0 Å². The van der Waals surface area contributed by atoms with Crippen LogP contribution < -0.4 is 0 Å². The fourth-order valence-corrected chi connectivity index (χ4v) is 3.47. The monoisotopic (exact) mass is 346 g/mol. The van der Waals surface area contributed by atoms with E-state index >= 15 is 0 Å². The van der Waals surface area contributed by atoms with Gasteiger partial charge in [-0.3, -0.25) is 0 Å². The molecule has 1 aromatic heterocycles. The van der Waals surface area contributed by atoms with E-state index in [1.54, 1.807) is 11.3 Å². The Morgan fingerprint density at radius 1 is 1.40 bits per heavy atom. The Morgan fingerprint density at radius 3 is 2.50 bits per heavy atom. The maximum absolute atomic E-state index is 3.44. The number of alkyl halides is 1. The highest BCUT2D eigenvalue weighted by Gasteiger charge is 2.01. The van der Waals surface area contributed by atoms with E-state index in [1.165, 1.54) is 8.66 Å². The molecule has 1 heterocycles. The van der Waals surface area contributed by atoms with Crippen LogP contribution in [0.2, 0.25) is 0 Å². The summed E-state index contributed by atoms with van der Waals surface area (Å²) in [5.41, 5.74) is 0. The van der Waals surface area contributed by atoms with E-state index in [4.69, 9.17) is 0 Å². The van der Waals surface area contributed by atoms with Gasteiger partial charge in [-0.15, -0.1) is 11.3 Å². The lowest BCUT2D eigenvalue weighted by Crippen LogP contribution is -1.76. The Labute approximate surface area is 89.4 Å². The molecule has 0 unspecified atom stereocenters. The molecule has 0 spiro atoms. The van der Waals surface area contributed by atoms with E-state index < -0.39 is 0 Å². The lowest BCUT2D eigenvalue weighted by atomic mass is 10.4. The maximum atomic E-state index is 3.44. The van der Waals surface area contributed by atoms with Gasteiger partial charge in [0.2, 0.25) is 0 Å². The van der Waals surface area contributed by atoms with Gasteiger partial charge < -0.3 is 0 Å². The molecule has 0 saturated carbocycles. The fraction of sp³-hybridized carbons (Fsp3) is 0.333. The summed E-state index contributed by atoms with van der Waals surface area (Å²) in [6, 6.07) is 2.15. The third kappa shape index (κ3) is 2.32. The largest absolute Gasteiger partial charge is 0.132 e. The Morgan fingerprint density at radius 2 is 2.10 bits per heavy atom. The van der Waals surface area contributed by atoms with Gasteiger partial charge in [0.25, 0.3) is 0 Å². The number of rotatable bonds is 2. The average Bonchev–Trinajstić information content (AvgIpc) is 2.14. The Hall–Kier alpha value is 1.14. The molecule has 0 fully saturated rings. The third-order valence-electron chi connectivity index (χ3n) is 1.04. The van der Waals surface area contributed by atoms with Crippen molar-refractivity contribution in [3.05, 3.63) is 19.2 Å². The molecule has 0 radical (unpaired) electrons. The van der Waals surface area contributed by atoms with E-state index in [0.717, 1.165) is 16.2 Å². The average molecular weight is 349 g/mol. The van der Waals surface area contributed by atoms with Crippen LogP contribution in [0, 0.1) is 0 Å². The van der Waals surface area contributed by atoms with Crippen LogP contribution >= 0.6 is 59.1 Å². The quantitative estimate of drug-likeness (QED) is 0.702. The van der Waals surface area contributed by atoms with Crippen LogP contribution in [0.1, 0.15) is 4.88 Å². The van der Waals surface area contributed by atoms with Crippen LogP contribution in [0.25, 0.3) is 0 Å². The van der Waals surface area contributed by atoms with E-state index in [-0.39, 0.29) is 0 Å². The maximum Gasteiger partial charge on any atom is 0.0843 e. The first-order chi connectivity index (χ1) is 4.74. The molecule has 0 amide bonds. The van der Waals surface area contributed by atoms with Gasteiger partial charge >= 0.3 is 0 Å². The van der Waals surface area contributed by atoms with Crippen molar-refractivity contribution in [2.75, 3.05) is 5.33 Å². The lowest BCUT2D eigenvalue weighted by molar-refractivity contribution is 1.22. The summed E-state index contributed by atoms with van der Waals surface area (Å²) in [5, 5.41) is 1.03. The molecule has 0 aliphatic rings. The van der Waals surface area contributed by atoms with E-state index in [9.17, 15) is 0 Å². The number of hydrogen-bond donors (Lipinski definition) is 0. The van der Waals surface area contributed by atoms with E-state index in [0.29, 0.717) is 0 Å². The summed E-state index contributed by atoms with van der Waals surface area (Å²) in [6.07, 6.45) is 1.11. The molecule has 0 nitrogen and oxygen atoms in total. The van der Waals surface area contributed by atoms with Crippen molar-refractivity contribution in [3.63, 3.8) is 0 Å². The summed E-state index contributed by atoms with van der Waals surface area (Å²) in [6.45, 7) is 0. The summed E-state index contributed by atoms with van der Waals surface area (Å²) in [5.74, 6) is 0. The van der Waals surface area contributed by atoms with Gasteiger partial charge in [0, 0.05) is 14.7 Å². The summed E-state index contributed by atoms with van der Waals surface area (Å²) >= 11 is 12.1. The Kier molecular flexibility index (Phi) is 3.91. The van der Waals surface area contributed by atoms with Crippen LogP contribution in [0.5, 0.6) is 0 Å². The second-order valence-corrected chi connectivity index (χ2v) is 5.88. The summed E-state index contributed by atoms with van der Waals surface area (Å²) < 4.78 is 2.34. The Bertz CT molecular complexity index is 199. The number of thiophene rings is 1. The first kappa shape index (κ1) is 9.23. The molecule has 0 aliphatic carbocycles. The van der Waals surface area contributed by atoms with Crippen molar-refractivity contribution in [1.82, 2.24) is 0 Å². The molecular weight excluding hydrogens is 344 g/mol. The minimum Gasteiger partial charge on any atom is -0.132 e. The molecule has 1 aromatic rings. The molecule has 0 aliphatic heterocycles. The van der Waals surface area contributed by atoms with Crippen molar-refractivity contribution >= 4 is 59.1 Å². The van der Waals surface area contributed by atoms with Gasteiger partial charge in [-0.1, -0.05) is 15.9 Å². The Balaban J connectivity index is 2.77. The van der Waals surface area contributed by atoms with Gasteiger partial charge in [-0.25, -0.2) is 0 Å². The minimum absolute atomic E-state index is 1.03. The van der Waals surface area contributed by atoms with Crippen molar-refractivity contribution in [3.8, 4) is 0 Å². The molecule has 0 atom stereocenters. The zero-order valence-electron chi connectivity index (χ0n) is 5.03. The third-order valence-corrected chi connectivity index (χ3v) is 4.75. The highest BCUT2D eigenvalue weighted by molar-refractivity contribution is 9.13. The van der Waals surface area contributed by atoms with Crippen molar-refractivity contribution in [2.45, 2.75) is 6.42 Å². The standard InChI is InChI=1S/C6H5Br3S/c7-2-1-4-3-5(8)6(9)10-4/h3H,1-2H2. The number of aryl methyl sites for hydroxylation is 1.